The van der Waals surface area contributed by atoms with Gasteiger partial charge in [-0.3, -0.25) is 4.68 Å². The van der Waals surface area contributed by atoms with E-state index in [0.717, 1.165) is 6.92 Å². The van der Waals surface area contributed by atoms with Gasteiger partial charge >= 0.3 is 6.09 Å². The third kappa shape index (κ3) is 4.02. The number of aryl methyl sites for hydroxylation is 2. The molecule has 1 atom stereocenters. The lowest BCUT2D eigenvalue weighted by atomic mass is 9.92. The molecule has 1 aliphatic heterocycles. The highest BCUT2D eigenvalue weighted by atomic mass is 32.2. The van der Waals surface area contributed by atoms with Gasteiger partial charge in [0.2, 0.25) is 14.8 Å². The molecule has 1 fully saturated rings. The standard InChI is InChI=1S/C17H28FN3O4S/c1-12-14(11-20(6)19-12)26(23,24)17(5,18)13-7-9-21(10-8-13)15(22)25-16(2,3)4/h11,13H,7-10H2,1-6H3. The number of hydrogen-bond donors (Lipinski definition) is 0. The summed E-state index contributed by atoms with van der Waals surface area (Å²) in [7, 11) is -2.60. The minimum Gasteiger partial charge on any atom is -0.444 e. The number of carbonyl (C=O) groups is 1. The van der Waals surface area contributed by atoms with Crippen molar-refractivity contribution in [3.8, 4) is 0 Å². The number of rotatable bonds is 3. The lowest BCUT2D eigenvalue weighted by Gasteiger charge is -2.37. The van der Waals surface area contributed by atoms with Crippen LogP contribution in [-0.4, -0.2) is 52.9 Å². The summed E-state index contributed by atoms with van der Waals surface area (Å²) in [6.07, 6.45) is 1.39. The predicted octanol–water partition coefficient (Wildman–Crippen LogP) is 2.84. The molecule has 0 aromatic carbocycles. The van der Waals surface area contributed by atoms with Gasteiger partial charge in [-0.15, -0.1) is 0 Å². The van der Waals surface area contributed by atoms with Crippen LogP contribution in [0, 0.1) is 12.8 Å². The molecule has 26 heavy (non-hydrogen) atoms. The van der Waals surface area contributed by atoms with Crippen molar-refractivity contribution in [1.29, 1.82) is 0 Å². The number of amides is 1. The van der Waals surface area contributed by atoms with Crippen molar-refractivity contribution in [1.82, 2.24) is 14.7 Å². The summed E-state index contributed by atoms with van der Waals surface area (Å²) in [5, 5.41) is 1.58. The molecule has 1 aromatic rings. The second-order valence-electron chi connectivity index (χ2n) is 7.98. The smallest absolute Gasteiger partial charge is 0.410 e. The zero-order valence-electron chi connectivity index (χ0n) is 16.2. The summed E-state index contributed by atoms with van der Waals surface area (Å²) < 4.78 is 47.9. The largest absolute Gasteiger partial charge is 0.444 e. The number of likely N-dealkylation sites (tertiary alicyclic amines) is 1. The first-order valence-corrected chi connectivity index (χ1v) is 10.2. The van der Waals surface area contributed by atoms with E-state index in [4.69, 9.17) is 4.74 Å². The summed E-state index contributed by atoms with van der Waals surface area (Å²) in [6, 6.07) is 0. The quantitative estimate of drug-likeness (QED) is 0.794. The van der Waals surface area contributed by atoms with Crippen LogP contribution < -0.4 is 0 Å². The zero-order chi connectivity index (χ0) is 19.9. The third-order valence-electron chi connectivity index (χ3n) is 4.66. The van der Waals surface area contributed by atoms with E-state index in [1.54, 1.807) is 34.7 Å². The molecule has 0 N–H and O–H groups in total. The maximum absolute atomic E-state index is 15.5. The third-order valence-corrected chi connectivity index (χ3v) is 7.02. The molecule has 2 rings (SSSR count). The van der Waals surface area contributed by atoms with E-state index in [9.17, 15) is 13.2 Å². The molecule has 0 spiro atoms. The lowest BCUT2D eigenvalue weighted by Crippen LogP contribution is -2.48. The van der Waals surface area contributed by atoms with E-state index >= 15 is 4.39 Å². The van der Waals surface area contributed by atoms with Gasteiger partial charge in [0.15, 0.2) is 0 Å². The van der Waals surface area contributed by atoms with Gasteiger partial charge in [0.1, 0.15) is 10.5 Å². The van der Waals surface area contributed by atoms with Crippen LogP contribution in [0.1, 0.15) is 46.2 Å². The Morgan fingerprint density at radius 3 is 2.23 bits per heavy atom. The van der Waals surface area contributed by atoms with Crippen molar-refractivity contribution < 1.29 is 22.3 Å². The number of sulfone groups is 1. The molecule has 1 amide bonds. The highest BCUT2D eigenvalue weighted by molar-refractivity contribution is 7.92. The topological polar surface area (TPSA) is 81.5 Å². The van der Waals surface area contributed by atoms with Gasteiger partial charge < -0.3 is 9.64 Å². The van der Waals surface area contributed by atoms with Crippen LogP contribution in [0.25, 0.3) is 0 Å². The molecular weight excluding hydrogens is 361 g/mol. The second-order valence-corrected chi connectivity index (χ2v) is 10.2. The predicted molar refractivity (Wildman–Crippen MR) is 95.2 cm³/mol. The molecule has 148 valence electrons. The fraction of sp³-hybridized carbons (Fsp3) is 0.765. The van der Waals surface area contributed by atoms with Crippen molar-refractivity contribution in [2.24, 2.45) is 13.0 Å². The minimum absolute atomic E-state index is 0.0837. The highest BCUT2D eigenvalue weighted by Crippen LogP contribution is 2.40. The monoisotopic (exact) mass is 389 g/mol. The van der Waals surface area contributed by atoms with Crippen molar-refractivity contribution in [3.63, 3.8) is 0 Å². The van der Waals surface area contributed by atoms with Crippen molar-refractivity contribution in [2.75, 3.05) is 13.1 Å². The van der Waals surface area contributed by atoms with E-state index in [-0.39, 0.29) is 36.5 Å². The Balaban J connectivity index is 2.12. The van der Waals surface area contributed by atoms with Crippen LogP contribution >= 0.6 is 0 Å². The van der Waals surface area contributed by atoms with Gasteiger partial charge in [-0.05, 0) is 47.5 Å². The van der Waals surface area contributed by atoms with E-state index < -0.39 is 32.5 Å². The Hall–Kier alpha value is -1.64. The molecule has 9 heteroatoms. The molecule has 0 bridgehead atoms. The van der Waals surface area contributed by atoms with Crippen LogP contribution in [0.2, 0.25) is 0 Å². The zero-order valence-corrected chi connectivity index (χ0v) is 17.1. The summed E-state index contributed by atoms with van der Waals surface area (Å²) in [5.41, 5.74) is -0.327. The lowest BCUT2D eigenvalue weighted by molar-refractivity contribution is 0.0130. The Morgan fingerprint density at radius 2 is 1.81 bits per heavy atom. The highest BCUT2D eigenvalue weighted by Gasteiger charge is 2.49. The van der Waals surface area contributed by atoms with E-state index in [1.165, 1.54) is 15.8 Å². The van der Waals surface area contributed by atoms with Gasteiger partial charge in [0.05, 0.1) is 5.69 Å². The molecule has 0 aliphatic carbocycles. The normalized spacial score (nSPS) is 19.3. The van der Waals surface area contributed by atoms with E-state index in [1.807, 2.05) is 0 Å². The van der Waals surface area contributed by atoms with E-state index in [2.05, 4.69) is 5.10 Å². The molecule has 0 saturated carbocycles. The van der Waals surface area contributed by atoms with Crippen LogP contribution in [0.5, 0.6) is 0 Å². The molecule has 2 heterocycles. The maximum atomic E-state index is 15.5. The Kier molecular flexibility index (Phi) is 5.43. The van der Waals surface area contributed by atoms with Crippen molar-refractivity contribution >= 4 is 15.9 Å². The molecular formula is C17H28FN3O4S. The van der Waals surface area contributed by atoms with Crippen molar-refractivity contribution in [2.45, 2.75) is 63.0 Å². The van der Waals surface area contributed by atoms with Crippen LogP contribution in [0.4, 0.5) is 9.18 Å². The number of carbonyl (C=O) groups excluding carboxylic acids is 1. The Morgan fingerprint density at radius 1 is 1.27 bits per heavy atom. The Labute approximate surface area is 154 Å². The summed E-state index contributed by atoms with van der Waals surface area (Å²) in [5.74, 6) is -0.703. The number of piperidine rings is 1. The summed E-state index contributed by atoms with van der Waals surface area (Å²) in [6.45, 7) is 8.52. The van der Waals surface area contributed by atoms with Gasteiger partial charge in [-0.25, -0.2) is 17.6 Å². The summed E-state index contributed by atoms with van der Waals surface area (Å²) in [4.78, 5) is 13.5. The number of ether oxygens (including phenoxy) is 1. The number of hydrogen-bond acceptors (Lipinski definition) is 5. The average Bonchev–Trinajstić information content (AvgIpc) is 2.84. The van der Waals surface area contributed by atoms with Crippen LogP contribution in [0.3, 0.4) is 0 Å². The number of aromatic nitrogens is 2. The van der Waals surface area contributed by atoms with Crippen molar-refractivity contribution in [3.05, 3.63) is 11.9 Å². The van der Waals surface area contributed by atoms with Crippen LogP contribution in [0.15, 0.2) is 11.1 Å². The minimum atomic E-state index is -4.20. The molecule has 7 nitrogen and oxygen atoms in total. The fourth-order valence-corrected chi connectivity index (χ4v) is 5.01. The number of alkyl halides is 1. The van der Waals surface area contributed by atoms with Crippen LogP contribution in [-0.2, 0) is 21.6 Å². The molecule has 1 aliphatic rings. The number of halogens is 1. The SMILES string of the molecule is Cc1nn(C)cc1S(=O)(=O)C(C)(F)C1CCN(C(=O)OC(C)(C)C)CC1. The van der Waals surface area contributed by atoms with E-state index in [0.29, 0.717) is 0 Å². The average molecular weight is 389 g/mol. The first-order valence-electron chi connectivity index (χ1n) is 8.67. The van der Waals surface area contributed by atoms with Gasteiger partial charge in [0, 0.05) is 32.3 Å². The molecule has 1 saturated heterocycles. The first-order chi connectivity index (χ1) is 11.8. The van der Waals surface area contributed by atoms with Gasteiger partial charge in [-0.1, -0.05) is 0 Å². The maximum Gasteiger partial charge on any atom is 0.410 e. The molecule has 1 unspecified atom stereocenters. The van der Waals surface area contributed by atoms with Gasteiger partial charge in [-0.2, -0.15) is 5.10 Å². The molecule has 1 aromatic heterocycles. The first kappa shape index (κ1) is 20.7. The fourth-order valence-electron chi connectivity index (χ4n) is 3.18. The van der Waals surface area contributed by atoms with Gasteiger partial charge in [0.25, 0.3) is 0 Å². The Bertz CT molecular complexity index is 772. The second kappa shape index (κ2) is 6.83. The molecule has 0 radical (unpaired) electrons. The number of nitrogens with zero attached hydrogens (tertiary/aromatic N) is 3. The summed E-state index contributed by atoms with van der Waals surface area (Å²) >= 11 is 0.